The molecular formula is C14H20BrN3O4. The van der Waals surface area contributed by atoms with Gasteiger partial charge in [0, 0.05) is 31.9 Å². The summed E-state index contributed by atoms with van der Waals surface area (Å²) in [6.07, 6.45) is -0.390. The maximum atomic E-state index is 11.8. The second kappa shape index (κ2) is 7.44. The maximum absolute atomic E-state index is 11.8. The van der Waals surface area contributed by atoms with E-state index in [1.165, 1.54) is 11.0 Å². The van der Waals surface area contributed by atoms with Crippen LogP contribution in [0.3, 0.4) is 0 Å². The maximum Gasteiger partial charge on any atom is 0.410 e. The first-order chi connectivity index (χ1) is 10.1. The second-order valence-electron chi connectivity index (χ2n) is 5.75. The number of hydrogen-bond acceptors (Lipinski definition) is 5. The fourth-order valence-corrected chi connectivity index (χ4v) is 2.09. The molecule has 1 rings (SSSR count). The lowest BCUT2D eigenvalue weighted by Crippen LogP contribution is -2.36. The zero-order valence-corrected chi connectivity index (χ0v) is 14.6. The number of halogens is 1. The molecule has 1 N–H and O–H groups in total. The Morgan fingerprint density at radius 1 is 1.45 bits per heavy atom. The number of carbonyl (C=O) groups excluding carboxylic acids is 1. The van der Waals surface area contributed by atoms with Gasteiger partial charge < -0.3 is 15.0 Å². The van der Waals surface area contributed by atoms with Crippen LogP contribution < -0.4 is 5.32 Å². The molecule has 0 atom stereocenters. The summed E-state index contributed by atoms with van der Waals surface area (Å²) in [5, 5.41) is 13.8. The lowest BCUT2D eigenvalue weighted by atomic mass is 10.2. The number of rotatable bonds is 5. The molecule has 0 aromatic heterocycles. The van der Waals surface area contributed by atoms with Crippen molar-refractivity contribution in [2.24, 2.45) is 0 Å². The van der Waals surface area contributed by atoms with Crippen molar-refractivity contribution in [3.8, 4) is 0 Å². The van der Waals surface area contributed by atoms with Crippen LogP contribution in [0.5, 0.6) is 0 Å². The van der Waals surface area contributed by atoms with Gasteiger partial charge in [-0.1, -0.05) is 0 Å². The largest absolute Gasteiger partial charge is 0.444 e. The van der Waals surface area contributed by atoms with Crippen molar-refractivity contribution in [1.82, 2.24) is 4.90 Å². The number of nitro benzene ring substituents is 1. The summed E-state index contributed by atoms with van der Waals surface area (Å²) in [5.41, 5.74) is 0.216. The second-order valence-corrected chi connectivity index (χ2v) is 6.61. The van der Waals surface area contributed by atoms with Crippen LogP contribution in [0.2, 0.25) is 0 Å². The van der Waals surface area contributed by atoms with E-state index in [0.29, 0.717) is 17.6 Å². The van der Waals surface area contributed by atoms with Crippen molar-refractivity contribution >= 4 is 33.4 Å². The predicted molar refractivity (Wildman–Crippen MR) is 88.2 cm³/mol. The van der Waals surface area contributed by atoms with Crippen LogP contribution in [-0.4, -0.2) is 41.7 Å². The topological polar surface area (TPSA) is 84.7 Å². The molecule has 0 bridgehead atoms. The van der Waals surface area contributed by atoms with Gasteiger partial charge in [-0.3, -0.25) is 10.1 Å². The number of nitrogens with zero attached hydrogens (tertiary/aromatic N) is 2. The Balaban J connectivity index is 2.49. The highest BCUT2D eigenvalue weighted by Crippen LogP contribution is 2.27. The Labute approximate surface area is 137 Å². The van der Waals surface area contributed by atoms with Gasteiger partial charge in [-0.15, -0.1) is 0 Å². The van der Waals surface area contributed by atoms with Gasteiger partial charge in [-0.25, -0.2) is 4.79 Å². The average Bonchev–Trinajstić information content (AvgIpc) is 2.36. The summed E-state index contributed by atoms with van der Waals surface area (Å²) >= 11 is 3.16. The Morgan fingerprint density at radius 2 is 2.09 bits per heavy atom. The van der Waals surface area contributed by atoms with E-state index in [0.717, 1.165) is 5.69 Å². The number of nitro groups is 1. The number of benzene rings is 1. The van der Waals surface area contributed by atoms with Crippen LogP contribution in [0.25, 0.3) is 0 Å². The number of nitrogens with one attached hydrogen (secondary N) is 1. The molecule has 0 spiro atoms. The highest BCUT2D eigenvalue weighted by atomic mass is 79.9. The van der Waals surface area contributed by atoms with E-state index in [4.69, 9.17) is 4.74 Å². The zero-order chi connectivity index (χ0) is 16.9. The Morgan fingerprint density at radius 3 is 2.59 bits per heavy atom. The van der Waals surface area contributed by atoms with Gasteiger partial charge in [0.1, 0.15) is 5.60 Å². The quantitative estimate of drug-likeness (QED) is 0.628. The van der Waals surface area contributed by atoms with Gasteiger partial charge in [-0.2, -0.15) is 0 Å². The van der Waals surface area contributed by atoms with Crippen LogP contribution >= 0.6 is 15.9 Å². The third-order valence-corrected chi connectivity index (χ3v) is 3.26. The molecule has 0 aliphatic heterocycles. The number of anilines is 1. The van der Waals surface area contributed by atoms with Gasteiger partial charge in [0.2, 0.25) is 0 Å². The fourth-order valence-electron chi connectivity index (χ4n) is 1.56. The van der Waals surface area contributed by atoms with Gasteiger partial charge in [0.25, 0.3) is 5.69 Å². The summed E-state index contributed by atoms with van der Waals surface area (Å²) < 4.78 is 5.65. The molecule has 1 aromatic rings. The predicted octanol–water partition coefficient (Wildman–Crippen LogP) is 3.64. The van der Waals surface area contributed by atoms with Gasteiger partial charge in [0.15, 0.2) is 0 Å². The molecule has 1 amide bonds. The number of carbonyl (C=O) groups is 1. The molecule has 22 heavy (non-hydrogen) atoms. The van der Waals surface area contributed by atoms with E-state index in [9.17, 15) is 14.9 Å². The number of ether oxygens (including phenoxy) is 1. The lowest BCUT2D eigenvalue weighted by Gasteiger charge is -2.24. The summed E-state index contributed by atoms with van der Waals surface area (Å²) in [6.45, 7) is 6.38. The molecule has 0 saturated carbocycles. The van der Waals surface area contributed by atoms with Crippen LogP contribution in [0.15, 0.2) is 22.7 Å². The Kier molecular flexibility index (Phi) is 6.16. The molecule has 0 aliphatic carbocycles. The first kappa shape index (κ1) is 18.2. The first-order valence-corrected chi connectivity index (χ1v) is 7.51. The van der Waals surface area contributed by atoms with Crippen molar-refractivity contribution in [2.45, 2.75) is 26.4 Å². The summed E-state index contributed by atoms with van der Waals surface area (Å²) in [6, 6.07) is 4.67. The molecule has 0 heterocycles. The molecule has 0 fully saturated rings. The molecule has 0 unspecified atom stereocenters. The standard InChI is InChI=1S/C14H20BrN3O4/c1-14(2,3)22-13(19)17(4)8-7-16-10-5-6-12(18(20)21)11(15)9-10/h5-6,9,16H,7-8H2,1-4H3. The van der Waals surface area contributed by atoms with Gasteiger partial charge >= 0.3 is 6.09 Å². The highest BCUT2D eigenvalue weighted by Gasteiger charge is 2.19. The molecule has 0 saturated heterocycles. The highest BCUT2D eigenvalue weighted by molar-refractivity contribution is 9.10. The average molecular weight is 374 g/mol. The normalized spacial score (nSPS) is 11.0. The Bertz CT molecular complexity index is 558. The third kappa shape index (κ3) is 5.88. The molecular weight excluding hydrogens is 354 g/mol. The minimum atomic E-state index is -0.526. The minimum absolute atomic E-state index is 0.0106. The van der Waals surface area contributed by atoms with Crippen molar-refractivity contribution < 1.29 is 14.5 Å². The van der Waals surface area contributed by atoms with E-state index >= 15 is 0 Å². The van der Waals surface area contributed by atoms with E-state index in [1.807, 2.05) is 20.8 Å². The van der Waals surface area contributed by atoms with Gasteiger partial charge in [0.05, 0.1) is 9.40 Å². The van der Waals surface area contributed by atoms with Crippen LogP contribution in [0.4, 0.5) is 16.2 Å². The van der Waals surface area contributed by atoms with E-state index in [1.54, 1.807) is 19.2 Å². The summed E-state index contributed by atoms with van der Waals surface area (Å²) in [5.74, 6) is 0. The molecule has 7 nitrogen and oxygen atoms in total. The van der Waals surface area contributed by atoms with E-state index in [-0.39, 0.29) is 11.8 Å². The zero-order valence-electron chi connectivity index (χ0n) is 13.1. The Hall–Kier alpha value is -1.83. The number of amides is 1. The molecule has 0 aliphatic rings. The SMILES string of the molecule is CN(CCNc1ccc([N+](=O)[O-])c(Br)c1)C(=O)OC(C)(C)C. The van der Waals surface area contributed by atoms with Crippen LogP contribution in [0, 0.1) is 10.1 Å². The van der Waals surface area contributed by atoms with Crippen LogP contribution in [0.1, 0.15) is 20.8 Å². The number of hydrogen-bond donors (Lipinski definition) is 1. The molecule has 1 aromatic carbocycles. The third-order valence-electron chi connectivity index (χ3n) is 2.63. The van der Waals surface area contributed by atoms with E-state index in [2.05, 4.69) is 21.2 Å². The van der Waals surface area contributed by atoms with Crippen molar-refractivity contribution in [2.75, 3.05) is 25.5 Å². The van der Waals surface area contributed by atoms with Crippen molar-refractivity contribution in [1.29, 1.82) is 0 Å². The van der Waals surface area contributed by atoms with E-state index < -0.39 is 10.5 Å². The lowest BCUT2D eigenvalue weighted by molar-refractivity contribution is -0.385. The summed E-state index contributed by atoms with van der Waals surface area (Å²) in [7, 11) is 1.65. The first-order valence-electron chi connectivity index (χ1n) is 6.72. The molecule has 0 radical (unpaired) electrons. The number of likely N-dealkylation sites (N-methyl/N-ethyl adjacent to an activating group) is 1. The molecule has 8 heteroatoms. The van der Waals surface area contributed by atoms with Crippen molar-refractivity contribution in [3.63, 3.8) is 0 Å². The van der Waals surface area contributed by atoms with Crippen molar-refractivity contribution in [3.05, 3.63) is 32.8 Å². The molecule has 122 valence electrons. The minimum Gasteiger partial charge on any atom is -0.444 e. The van der Waals surface area contributed by atoms with Crippen LogP contribution in [-0.2, 0) is 4.74 Å². The summed E-state index contributed by atoms with van der Waals surface area (Å²) in [4.78, 5) is 23.5. The monoisotopic (exact) mass is 373 g/mol. The fraction of sp³-hybridized carbons (Fsp3) is 0.500. The smallest absolute Gasteiger partial charge is 0.410 e. The van der Waals surface area contributed by atoms with Gasteiger partial charge in [-0.05, 0) is 48.8 Å².